The average molecular weight is 379 g/mol. The third kappa shape index (κ3) is 3.80. The molecule has 1 aliphatic rings. The van der Waals surface area contributed by atoms with Crippen molar-refractivity contribution in [2.45, 2.75) is 38.8 Å². The van der Waals surface area contributed by atoms with Crippen molar-refractivity contribution in [1.82, 2.24) is 24.7 Å². The van der Waals surface area contributed by atoms with Crippen LogP contribution in [0.2, 0.25) is 0 Å². The van der Waals surface area contributed by atoms with E-state index in [1.54, 1.807) is 29.4 Å². The van der Waals surface area contributed by atoms with Gasteiger partial charge in [0.15, 0.2) is 0 Å². The van der Waals surface area contributed by atoms with E-state index >= 15 is 0 Å². The second-order valence-electron chi connectivity index (χ2n) is 6.67. The van der Waals surface area contributed by atoms with Gasteiger partial charge in [0.1, 0.15) is 12.3 Å². The molecule has 1 amide bonds. The topological polar surface area (TPSA) is 86.2 Å². The number of amides is 1. The molecule has 1 aliphatic carbocycles. The Balaban J connectivity index is 1.57. The molecular weight excluding hydrogens is 358 g/mol. The molecule has 0 bridgehead atoms. The van der Waals surface area contributed by atoms with Crippen molar-refractivity contribution in [2.75, 3.05) is 0 Å². The summed E-state index contributed by atoms with van der Waals surface area (Å²) < 4.78 is 7.69. The van der Waals surface area contributed by atoms with Crippen molar-refractivity contribution in [3.8, 4) is 5.69 Å². The monoisotopic (exact) mass is 379 g/mol. The third-order valence-corrected chi connectivity index (χ3v) is 4.73. The van der Waals surface area contributed by atoms with Gasteiger partial charge in [-0.05, 0) is 60.4 Å². The molecule has 0 saturated carbocycles. The lowest BCUT2D eigenvalue weighted by Gasteiger charge is -2.26. The quantitative estimate of drug-likeness (QED) is 0.657. The maximum absolute atomic E-state index is 13.0. The summed E-state index contributed by atoms with van der Waals surface area (Å²) in [5, 5.41) is 7.78. The Kier molecular flexibility index (Phi) is 5.18. The summed E-state index contributed by atoms with van der Waals surface area (Å²) in [6.07, 6.45) is 7.62. The van der Waals surface area contributed by atoms with Crippen LogP contribution in [-0.4, -0.2) is 30.6 Å². The van der Waals surface area contributed by atoms with E-state index in [2.05, 4.69) is 16.5 Å². The summed E-state index contributed by atoms with van der Waals surface area (Å²) in [5.41, 5.74) is 1.12. The lowest BCUT2D eigenvalue weighted by atomic mass is 10.0. The number of aromatic nitrogens is 4. The molecule has 0 spiro atoms. The van der Waals surface area contributed by atoms with Crippen LogP contribution >= 0.6 is 0 Å². The molecular formula is C20H21N5O3. The molecule has 2 heterocycles. The number of rotatable bonds is 6. The second-order valence-corrected chi connectivity index (χ2v) is 6.67. The van der Waals surface area contributed by atoms with Crippen molar-refractivity contribution >= 4 is 5.91 Å². The van der Waals surface area contributed by atoms with Gasteiger partial charge in [-0.2, -0.15) is 9.36 Å². The summed E-state index contributed by atoms with van der Waals surface area (Å²) in [4.78, 5) is 27.3. The Morgan fingerprint density at radius 2 is 1.96 bits per heavy atom. The predicted molar refractivity (Wildman–Crippen MR) is 101 cm³/mol. The molecule has 1 aromatic carbocycles. The van der Waals surface area contributed by atoms with Crippen LogP contribution in [0.1, 0.15) is 31.4 Å². The molecule has 8 heteroatoms. The lowest BCUT2D eigenvalue weighted by Crippen LogP contribution is -2.36. The van der Waals surface area contributed by atoms with Crippen LogP contribution in [0.15, 0.2) is 69.7 Å². The van der Waals surface area contributed by atoms with Crippen molar-refractivity contribution in [3.05, 3.63) is 76.7 Å². The van der Waals surface area contributed by atoms with Crippen LogP contribution in [0.4, 0.5) is 0 Å². The summed E-state index contributed by atoms with van der Waals surface area (Å²) in [6, 6.07) is 12.6. The van der Waals surface area contributed by atoms with E-state index in [-0.39, 0.29) is 12.5 Å². The molecule has 144 valence electrons. The minimum absolute atomic E-state index is 0.177. The molecule has 0 aliphatic heterocycles. The van der Waals surface area contributed by atoms with Gasteiger partial charge in [0.2, 0.25) is 5.91 Å². The Bertz CT molecular complexity index is 1020. The highest BCUT2D eigenvalue weighted by Gasteiger charge is 2.23. The van der Waals surface area contributed by atoms with E-state index in [0.29, 0.717) is 18.0 Å². The van der Waals surface area contributed by atoms with Crippen molar-refractivity contribution in [3.63, 3.8) is 0 Å². The molecule has 2 aromatic heterocycles. The number of furan rings is 1. The molecule has 0 N–H and O–H groups in total. The molecule has 4 rings (SSSR count). The van der Waals surface area contributed by atoms with Crippen LogP contribution in [0, 0.1) is 0 Å². The lowest BCUT2D eigenvalue weighted by molar-refractivity contribution is -0.131. The van der Waals surface area contributed by atoms with E-state index in [9.17, 15) is 9.59 Å². The zero-order valence-corrected chi connectivity index (χ0v) is 15.4. The van der Waals surface area contributed by atoms with Gasteiger partial charge in [-0.3, -0.25) is 4.79 Å². The van der Waals surface area contributed by atoms with Gasteiger partial charge in [0.05, 0.1) is 18.5 Å². The molecule has 0 fully saturated rings. The first kappa shape index (κ1) is 18.0. The zero-order chi connectivity index (χ0) is 19.3. The molecule has 0 unspecified atom stereocenters. The zero-order valence-electron chi connectivity index (χ0n) is 15.4. The maximum atomic E-state index is 13.0. The number of allylic oxidation sites excluding steroid dienone is 2. The number of carbonyl (C=O) groups excluding carboxylic acids is 1. The van der Waals surface area contributed by atoms with E-state index in [1.807, 2.05) is 24.3 Å². The minimum Gasteiger partial charge on any atom is -0.467 e. The van der Waals surface area contributed by atoms with Crippen molar-refractivity contribution in [2.24, 2.45) is 0 Å². The van der Waals surface area contributed by atoms with Crippen LogP contribution < -0.4 is 5.69 Å². The fourth-order valence-corrected chi connectivity index (χ4v) is 3.29. The summed E-state index contributed by atoms with van der Waals surface area (Å²) in [7, 11) is 0. The first-order valence-corrected chi connectivity index (χ1v) is 9.32. The van der Waals surface area contributed by atoms with E-state index in [1.165, 1.54) is 4.68 Å². The van der Waals surface area contributed by atoms with Crippen molar-refractivity contribution in [1.29, 1.82) is 0 Å². The van der Waals surface area contributed by atoms with Crippen LogP contribution in [-0.2, 0) is 17.9 Å². The Labute approximate surface area is 161 Å². The predicted octanol–water partition coefficient (Wildman–Crippen LogP) is 2.51. The maximum Gasteiger partial charge on any atom is 0.368 e. The highest BCUT2D eigenvalue weighted by atomic mass is 16.3. The summed E-state index contributed by atoms with van der Waals surface area (Å²) >= 11 is 0. The second kappa shape index (κ2) is 8.08. The van der Waals surface area contributed by atoms with Gasteiger partial charge in [-0.15, -0.1) is 0 Å². The Hall–Kier alpha value is -3.42. The van der Waals surface area contributed by atoms with E-state index in [4.69, 9.17) is 4.42 Å². The molecule has 3 aromatic rings. The number of benzene rings is 1. The third-order valence-electron chi connectivity index (χ3n) is 4.73. The molecule has 0 radical (unpaired) electrons. The highest BCUT2D eigenvalue weighted by Crippen LogP contribution is 2.23. The first-order chi connectivity index (χ1) is 13.7. The van der Waals surface area contributed by atoms with Crippen molar-refractivity contribution < 1.29 is 9.21 Å². The number of para-hydroxylation sites is 1. The average Bonchev–Trinajstić information content (AvgIpc) is 3.38. The fourth-order valence-electron chi connectivity index (χ4n) is 3.29. The largest absolute Gasteiger partial charge is 0.467 e. The van der Waals surface area contributed by atoms with Crippen LogP contribution in [0.3, 0.4) is 0 Å². The summed E-state index contributed by atoms with van der Waals surface area (Å²) in [6.45, 7) is 0.156. The molecule has 8 nitrogen and oxygen atoms in total. The van der Waals surface area contributed by atoms with Gasteiger partial charge in [-0.25, -0.2) is 4.79 Å². The minimum atomic E-state index is -0.449. The number of carbonyl (C=O) groups is 1. The number of hydrogen-bond acceptors (Lipinski definition) is 5. The van der Waals surface area contributed by atoms with Crippen LogP contribution in [0.5, 0.6) is 0 Å². The molecule has 0 atom stereocenters. The fraction of sp³-hybridized carbons (Fsp3) is 0.300. The number of nitrogens with zero attached hydrogens (tertiary/aromatic N) is 5. The van der Waals surface area contributed by atoms with E-state index < -0.39 is 5.69 Å². The summed E-state index contributed by atoms with van der Waals surface area (Å²) in [5.74, 6) is 0.479. The molecule has 28 heavy (non-hydrogen) atoms. The first-order valence-electron chi connectivity index (χ1n) is 9.32. The van der Waals surface area contributed by atoms with E-state index in [0.717, 1.165) is 36.1 Å². The Morgan fingerprint density at radius 3 is 2.68 bits per heavy atom. The highest BCUT2D eigenvalue weighted by molar-refractivity contribution is 5.77. The Morgan fingerprint density at radius 1 is 1.11 bits per heavy atom. The SMILES string of the molecule is O=C(Cn1nnn(-c2ccccc2)c1=O)N(Cc1ccco1)C1=CCCCC1. The number of tetrazole rings is 1. The van der Waals surface area contributed by atoms with Gasteiger partial charge in [0, 0.05) is 5.70 Å². The number of hydrogen-bond donors (Lipinski definition) is 0. The molecule has 0 saturated heterocycles. The van der Waals surface area contributed by atoms with Gasteiger partial charge < -0.3 is 9.32 Å². The smallest absolute Gasteiger partial charge is 0.368 e. The standard InChI is InChI=1S/C20H21N5O3/c26-19(15-24-20(27)25(22-21-24)17-10-5-2-6-11-17)23(14-18-12-7-13-28-18)16-8-3-1-4-9-16/h2,5-8,10-13H,1,3-4,9,14-15H2. The van der Waals surface area contributed by atoms with Gasteiger partial charge >= 0.3 is 5.69 Å². The van der Waals surface area contributed by atoms with Gasteiger partial charge in [-0.1, -0.05) is 24.3 Å². The van der Waals surface area contributed by atoms with Crippen LogP contribution in [0.25, 0.3) is 5.69 Å². The van der Waals surface area contributed by atoms with Gasteiger partial charge in [0.25, 0.3) is 0 Å². The normalized spacial score (nSPS) is 13.9.